The number of esters is 1. The van der Waals surface area contributed by atoms with E-state index < -0.39 is 0 Å². The summed E-state index contributed by atoms with van der Waals surface area (Å²) >= 11 is 0. The molecule has 1 aromatic carbocycles. The van der Waals surface area contributed by atoms with Crippen molar-refractivity contribution in [2.75, 3.05) is 12.4 Å². The Morgan fingerprint density at radius 2 is 2.05 bits per heavy atom. The molecule has 108 valence electrons. The highest BCUT2D eigenvalue weighted by atomic mass is 16.5. The summed E-state index contributed by atoms with van der Waals surface area (Å²) in [4.78, 5) is 16.1. The number of fused-ring (bicyclic) bond motifs is 1. The van der Waals surface area contributed by atoms with E-state index in [0.717, 1.165) is 17.0 Å². The maximum Gasteiger partial charge on any atom is 0.337 e. The van der Waals surface area contributed by atoms with Crippen LogP contribution in [0.1, 0.15) is 31.1 Å². The molecule has 0 aliphatic heterocycles. The van der Waals surface area contributed by atoms with Crippen LogP contribution in [0.15, 0.2) is 18.2 Å². The first-order valence-corrected chi connectivity index (χ1v) is 6.75. The summed E-state index contributed by atoms with van der Waals surface area (Å²) in [6, 6.07) is 5.73. The van der Waals surface area contributed by atoms with Gasteiger partial charge in [0.2, 0.25) is 5.95 Å². The number of hydrogen-bond acceptors (Lipinski definition) is 4. The van der Waals surface area contributed by atoms with Crippen molar-refractivity contribution in [2.24, 2.45) is 13.0 Å². The molecule has 0 spiro atoms. The lowest BCUT2D eigenvalue weighted by atomic mass is 10.1. The number of aryl methyl sites for hydroxylation is 1. The standard InChI is InChI=1S/C15H21N3O2/c1-9(2)10(3)16-15-17-12-8-11(14(19)20-5)6-7-13(12)18(15)4/h6-10H,1-5H3,(H,16,17)/t10-/m1/s1. The normalized spacial score (nSPS) is 12.7. The van der Waals surface area contributed by atoms with Crippen LogP contribution in [0.3, 0.4) is 0 Å². The molecule has 0 amide bonds. The average molecular weight is 275 g/mol. The number of nitrogens with one attached hydrogen (secondary N) is 1. The van der Waals surface area contributed by atoms with Crippen molar-refractivity contribution in [3.05, 3.63) is 23.8 Å². The largest absolute Gasteiger partial charge is 0.465 e. The molecule has 1 aromatic heterocycles. The van der Waals surface area contributed by atoms with Crippen molar-refractivity contribution >= 4 is 23.0 Å². The van der Waals surface area contributed by atoms with E-state index in [1.54, 1.807) is 12.1 Å². The number of rotatable bonds is 4. The van der Waals surface area contributed by atoms with Gasteiger partial charge in [-0.3, -0.25) is 0 Å². The van der Waals surface area contributed by atoms with Crippen molar-refractivity contribution in [3.63, 3.8) is 0 Å². The summed E-state index contributed by atoms with van der Waals surface area (Å²) in [5, 5.41) is 3.40. The topological polar surface area (TPSA) is 56.1 Å². The quantitative estimate of drug-likeness (QED) is 0.872. The number of ether oxygens (including phenoxy) is 1. The molecule has 1 atom stereocenters. The van der Waals surface area contributed by atoms with Crippen molar-refractivity contribution in [3.8, 4) is 0 Å². The van der Waals surface area contributed by atoms with Crippen molar-refractivity contribution in [1.82, 2.24) is 9.55 Å². The Morgan fingerprint density at radius 1 is 1.35 bits per heavy atom. The molecule has 0 fully saturated rings. The third-order valence-corrected chi connectivity index (χ3v) is 3.66. The molecular formula is C15H21N3O2. The first-order valence-electron chi connectivity index (χ1n) is 6.75. The van der Waals surface area contributed by atoms with Gasteiger partial charge in [-0.1, -0.05) is 13.8 Å². The van der Waals surface area contributed by atoms with Crippen LogP contribution in [-0.4, -0.2) is 28.7 Å². The van der Waals surface area contributed by atoms with Gasteiger partial charge in [0, 0.05) is 13.1 Å². The van der Waals surface area contributed by atoms with Crippen LogP contribution in [0.2, 0.25) is 0 Å². The zero-order valence-corrected chi connectivity index (χ0v) is 12.6. The van der Waals surface area contributed by atoms with E-state index in [1.807, 2.05) is 17.7 Å². The number of benzene rings is 1. The Hall–Kier alpha value is -2.04. The number of aromatic nitrogens is 2. The molecule has 5 heteroatoms. The van der Waals surface area contributed by atoms with E-state index in [1.165, 1.54) is 7.11 Å². The molecule has 2 aromatic rings. The Morgan fingerprint density at radius 3 is 2.65 bits per heavy atom. The molecule has 0 bridgehead atoms. The summed E-state index contributed by atoms with van der Waals surface area (Å²) in [5.41, 5.74) is 2.28. The zero-order valence-electron chi connectivity index (χ0n) is 12.6. The van der Waals surface area contributed by atoms with Crippen LogP contribution in [0.4, 0.5) is 5.95 Å². The second-order valence-corrected chi connectivity index (χ2v) is 5.37. The molecule has 5 nitrogen and oxygen atoms in total. The number of carbonyl (C=O) groups is 1. The first-order chi connectivity index (χ1) is 9.43. The van der Waals surface area contributed by atoms with Crippen molar-refractivity contribution in [1.29, 1.82) is 0 Å². The van der Waals surface area contributed by atoms with E-state index in [2.05, 4.69) is 31.1 Å². The van der Waals surface area contributed by atoms with E-state index in [-0.39, 0.29) is 5.97 Å². The van der Waals surface area contributed by atoms with Gasteiger partial charge in [-0.15, -0.1) is 0 Å². The molecule has 0 aliphatic carbocycles. The summed E-state index contributed by atoms with van der Waals surface area (Å²) in [7, 11) is 3.34. The van der Waals surface area contributed by atoms with Crippen LogP contribution in [-0.2, 0) is 11.8 Å². The lowest BCUT2D eigenvalue weighted by Gasteiger charge is -2.17. The van der Waals surface area contributed by atoms with Gasteiger partial charge in [0.1, 0.15) is 0 Å². The average Bonchev–Trinajstić information content (AvgIpc) is 2.73. The lowest BCUT2D eigenvalue weighted by Crippen LogP contribution is -2.23. The van der Waals surface area contributed by atoms with Gasteiger partial charge in [0.25, 0.3) is 0 Å². The van der Waals surface area contributed by atoms with E-state index in [9.17, 15) is 4.79 Å². The van der Waals surface area contributed by atoms with E-state index in [4.69, 9.17) is 4.74 Å². The maximum absolute atomic E-state index is 11.5. The number of anilines is 1. The predicted octanol–water partition coefficient (Wildman–Crippen LogP) is 2.82. The highest BCUT2D eigenvalue weighted by Crippen LogP contribution is 2.21. The Balaban J connectivity index is 2.39. The van der Waals surface area contributed by atoms with Crippen LogP contribution < -0.4 is 5.32 Å². The summed E-state index contributed by atoms with van der Waals surface area (Å²) in [6.45, 7) is 6.45. The molecule has 0 saturated heterocycles. The molecular weight excluding hydrogens is 254 g/mol. The predicted molar refractivity (Wildman–Crippen MR) is 80.0 cm³/mol. The number of carbonyl (C=O) groups excluding carboxylic acids is 1. The monoisotopic (exact) mass is 275 g/mol. The zero-order chi connectivity index (χ0) is 14.9. The van der Waals surface area contributed by atoms with Crippen LogP contribution in [0.25, 0.3) is 11.0 Å². The number of imidazole rings is 1. The van der Waals surface area contributed by atoms with Gasteiger partial charge in [-0.2, -0.15) is 0 Å². The third kappa shape index (κ3) is 2.61. The second kappa shape index (κ2) is 5.53. The lowest BCUT2D eigenvalue weighted by molar-refractivity contribution is 0.0601. The van der Waals surface area contributed by atoms with Gasteiger partial charge < -0.3 is 14.6 Å². The molecule has 2 rings (SSSR count). The molecule has 0 aliphatic rings. The Bertz CT molecular complexity index is 631. The van der Waals surface area contributed by atoms with Crippen LogP contribution in [0.5, 0.6) is 0 Å². The fourth-order valence-electron chi connectivity index (χ4n) is 1.94. The molecule has 1 heterocycles. The molecule has 0 saturated carbocycles. The highest BCUT2D eigenvalue weighted by molar-refractivity contribution is 5.94. The fraction of sp³-hybridized carbons (Fsp3) is 0.467. The van der Waals surface area contributed by atoms with Gasteiger partial charge in [0.15, 0.2) is 0 Å². The fourth-order valence-corrected chi connectivity index (χ4v) is 1.94. The minimum Gasteiger partial charge on any atom is -0.465 e. The van der Waals surface area contributed by atoms with Crippen LogP contribution in [0, 0.1) is 5.92 Å². The third-order valence-electron chi connectivity index (χ3n) is 3.66. The first kappa shape index (κ1) is 14.4. The number of hydrogen-bond donors (Lipinski definition) is 1. The minimum absolute atomic E-state index is 0.325. The SMILES string of the molecule is COC(=O)c1ccc2c(c1)nc(N[C@H](C)C(C)C)n2C. The molecule has 20 heavy (non-hydrogen) atoms. The van der Waals surface area contributed by atoms with Gasteiger partial charge in [0.05, 0.1) is 23.7 Å². The number of methoxy groups -OCH3 is 1. The highest BCUT2D eigenvalue weighted by Gasteiger charge is 2.14. The Kier molecular flexibility index (Phi) is 3.97. The molecule has 0 unspecified atom stereocenters. The number of nitrogens with zero attached hydrogens (tertiary/aromatic N) is 2. The van der Waals surface area contributed by atoms with Crippen LogP contribution >= 0.6 is 0 Å². The smallest absolute Gasteiger partial charge is 0.337 e. The maximum atomic E-state index is 11.5. The summed E-state index contributed by atoms with van der Waals surface area (Å²) in [5.74, 6) is 0.978. The molecule has 1 N–H and O–H groups in total. The van der Waals surface area contributed by atoms with E-state index >= 15 is 0 Å². The van der Waals surface area contributed by atoms with Crippen molar-refractivity contribution < 1.29 is 9.53 Å². The second-order valence-electron chi connectivity index (χ2n) is 5.37. The minimum atomic E-state index is -0.345. The Labute approximate surface area is 118 Å². The summed E-state index contributed by atoms with van der Waals surface area (Å²) in [6.07, 6.45) is 0. The van der Waals surface area contributed by atoms with Gasteiger partial charge >= 0.3 is 5.97 Å². The summed E-state index contributed by atoms with van der Waals surface area (Å²) < 4.78 is 6.72. The molecule has 0 radical (unpaired) electrons. The van der Waals surface area contributed by atoms with Gasteiger partial charge in [-0.05, 0) is 31.0 Å². The van der Waals surface area contributed by atoms with Crippen molar-refractivity contribution in [2.45, 2.75) is 26.8 Å². The van der Waals surface area contributed by atoms with Gasteiger partial charge in [-0.25, -0.2) is 9.78 Å². The van der Waals surface area contributed by atoms with E-state index in [0.29, 0.717) is 17.5 Å².